The maximum atomic E-state index is 13.6. The molecule has 9 heteroatoms. The third-order valence-corrected chi connectivity index (χ3v) is 8.65. The van der Waals surface area contributed by atoms with Crippen LogP contribution in [0.3, 0.4) is 0 Å². The number of hydrogen-bond acceptors (Lipinski definition) is 6. The quantitative estimate of drug-likeness (QED) is 0.499. The van der Waals surface area contributed by atoms with E-state index in [1.807, 2.05) is 32.0 Å². The van der Waals surface area contributed by atoms with Gasteiger partial charge in [0, 0.05) is 26.2 Å². The van der Waals surface area contributed by atoms with Crippen LogP contribution in [-0.4, -0.2) is 58.2 Å². The number of benzene rings is 3. The van der Waals surface area contributed by atoms with Crippen LogP contribution < -0.4 is 14.4 Å². The number of nitrogens with zero attached hydrogens (tertiary/aromatic N) is 2. The van der Waals surface area contributed by atoms with Gasteiger partial charge in [-0.1, -0.05) is 48.0 Å². The van der Waals surface area contributed by atoms with Crippen molar-refractivity contribution in [3.8, 4) is 5.75 Å². The molecule has 200 valence electrons. The molecule has 0 unspecified atom stereocenters. The van der Waals surface area contributed by atoms with E-state index in [2.05, 4.69) is 22.3 Å². The van der Waals surface area contributed by atoms with Crippen molar-refractivity contribution in [1.29, 1.82) is 0 Å². The number of fused-ring (bicyclic) bond motifs is 1. The Hall–Kier alpha value is -3.40. The molecule has 0 bridgehead atoms. The maximum Gasteiger partial charge on any atom is 0.264 e. The lowest BCUT2D eigenvalue weighted by Crippen LogP contribution is -2.50. The molecule has 0 saturated carbocycles. The first-order valence-electron chi connectivity index (χ1n) is 12.8. The third kappa shape index (κ3) is 5.85. The summed E-state index contributed by atoms with van der Waals surface area (Å²) in [5.41, 5.74) is 4.45. The van der Waals surface area contributed by atoms with Crippen molar-refractivity contribution in [3.05, 3.63) is 89.0 Å². The smallest absolute Gasteiger partial charge is 0.264 e. The molecule has 2 aliphatic rings. The van der Waals surface area contributed by atoms with Gasteiger partial charge in [0.25, 0.3) is 15.9 Å². The van der Waals surface area contributed by atoms with Crippen molar-refractivity contribution in [3.63, 3.8) is 0 Å². The average Bonchev–Trinajstić information content (AvgIpc) is 2.92. The van der Waals surface area contributed by atoms with E-state index in [-0.39, 0.29) is 17.3 Å². The van der Waals surface area contributed by atoms with Crippen LogP contribution in [0.15, 0.2) is 71.6 Å². The summed E-state index contributed by atoms with van der Waals surface area (Å²) >= 11 is 0. The van der Waals surface area contributed by atoms with Crippen LogP contribution in [0.2, 0.25) is 0 Å². The number of amides is 1. The largest absolute Gasteiger partial charge is 0.476 e. The number of sulfonamides is 1. The third-order valence-electron chi connectivity index (χ3n) is 6.85. The normalized spacial score (nSPS) is 17.9. The zero-order valence-electron chi connectivity index (χ0n) is 21.7. The first-order valence-corrected chi connectivity index (χ1v) is 14.3. The van der Waals surface area contributed by atoms with Crippen molar-refractivity contribution >= 4 is 21.6 Å². The highest BCUT2D eigenvalue weighted by atomic mass is 32.2. The topological polar surface area (TPSA) is 88.2 Å². The number of anilines is 1. The standard InChI is InChI=1S/C29H33N3O5S/c1-21-6-9-25(10-7-21)38(34,35)32-20-28(37-27-11-8-22(2)16-26(27)32)29(33)30-18-23-4-3-5-24(17-23)19-31-12-14-36-15-13-31/h3-11,16-17,28H,12-15,18-20H2,1-2H3,(H,30,33)/t28-/m1/s1. The second-order valence-electron chi connectivity index (χ2n) is 9.85. The number of hydrogen-bond donors (Lipinski definition) is 1. The van der Waals surface area contributed by atoms with E-state index in [9.17, 15) is 13.2 Å². The number of aryl methyl sites for hydroxylation is 2. The Morgan fingerprint density at radius 1 is 0.947 bits per heavy atom. The molecule has 0 spiro atoms. The van der Waals surface area contributed by atoms with E-state index in [1.54, 1.807) is 36.4 Å². The Bertz CT molecular complexity index is 1400. The second-order valence-corrected chi connectivity index (χ2v) is 11.7. The first-order chi connectivity index (χ1) is 18.3. The molecule has 8 nitrogen and oxygen atoms in total. The summed E-state index contributed by atoms with van der Waals surface area (Å²) in [5, 5.41) is 2.94. The summed E-state index contributed by atoms with van der Waals surface area (Å²) in [7, 11) is -3.90. The summed E-state index contributed by atoms with van der Waals surface area (Å²) in [6.45, 7) is 8.14. The molecule has 0 aromatic heterocycles. The van der Waals surface area contributed by atoms with Gasteiger partial charge in [-0.2, -0.15) is 0 Å². The number of rotatable bonds is 7. The molecule has 0 aliphatic carbocycles. The van der Waals surface area contributed by atoms with Gasteiger partial charge in [0.15, 0.2) is 6.10 Å². The van der Waals surface area contributed by atoms with E-state index in [0.29, 0.717) is 18.0 Å². The maximum absolute atomic E-state index is 13.6. The first kappa shape index (κ1) is 26.2. The van der Waals surface area contributed by atoms with Crippen molar-refractivity contribution in [1.82, 2.24) is 10.2 Å². The lowest BCUT2D eigenvalue weighted by Gasteiger charge is -2.35. The van der Waals surface area contributed by atoms with Crippen molar-refractivity contribution in [2.24, 2.45) is 0 Å². The highest BCUT2D eigenvalue weighted by Gasteiger charge is 2.37. The molecule has 1 N–H and O–H groups in total. The zero-order valence-corrected chi connectivity index (χ0v) is 22.5. The van der Waals surface area contributed by atoms with Crippen molar-refractivity contribution in [2.75, 3.05) is 37.2 Å². The summed E-state index contributed by atoms with van der Waals surface area (Å²) in [5.74, 6) is 0.00380. The highest BCUT2D eigenvalue weighted by molar-refractivity contribution is 7.92. The van der Waals surface area contributed by atoms with Gasteiger partial charge in [0.2, 0.25) is 0 Å². The summed E-state index contributed by atoms with van der Waals surface area (Å²) in [6, 6.07) is 20.2. The van der Waals surface area contributed by atoms with Gasteiger partial charge in [-0.15, -0.1) is 0 Å². The van der Waals surface area contributed by atoms with Crippen LogP contribution in [0.5, 0.6) is 5.75 Å². The van der Waals surface area contributed by atoms with E-state index < -0.39 is 16.1 Å². The fourth-order valence-electron chi connectivity index (χ4n) is 4.72. The number of carbonyl (C=O) groups is 1. The summed E-state index contributed by atoms with van der Waals surface area (Å²) in [4.78, 5) is 15.7. The molecule has 3 aromatic carbocycles. The van der Waals surface area contributed by atoms with Crippen molar-refractivity contribution < 1.29 is 22.7 Å². The molecule has 5 rings (SSSR count). The number of ether oxygens (including phenoxy) is 2. The molecular weight excluding hydrogens is 502 g/mol. The summed E-state index contributed by atoms with van der Waals surface area (Å²) < 4.78 is 40.0. The molecule has 1 atom stereocenters. The van der Waals surface area contributed by atoms with E-state index in [1.165, 1.54) is 9.87 Å². The predicted octanol–water partition coefficient (Wildman–Crippen LogP) is 3.41. The van der Waals surface area contributed by atoms with Gasteiger partial charge in [0.05, 0.1) is 30.3 Å². The van der Waals surface area contributed by atoms with Gasteiger partial charge >= 0.3 is 0 Å². The van der Waals surface area contributed by atoms with E-state index in [4.69, 9.17) is 9.47 Å². The van der Waals surface area contributed by atoms with Gasteiger partial charge in [0.1, 0.15) is 5.75 Å². The van der Waals surface area contributed by atoms with E-state index >= 15 is 0 Å². The molecule has 2 heterocycles. The Labute approximate surface area is 224 Å². The van der Waals surface area contributed by atoms with Crippen LogP contribution in [0.1, 0.15) is 22.3 Å². The summed E-state index contributed by atoms with van der Waals surface area (Å²) in [6.07, 6.45) is -0.984. The molecular formula is C29H33N3O5S. The average molecular weight is 536 g/mol. The number of morpholine rings is 1. The van der Waals surface area contributed by atoms with Crippen LogP contribution in [-0.2, 0) is 32.6 Å². The van der Waals surface area contributed by atoms with Crippen LogP contribution >= 0.6 is 0 Å². The minimum absolute atomic E-state index is 0.116. The lowest BCUT2D eigenvalue weighted by atomic mass is 10.1. The Morgan fingerprint density at radius 2 is 1.66 bits per heavy atom. The van der Waals surface area contributed by atoms with Gasteiger partial charge in [-0.3, -0.25) is 14.0 Å². The molecule has 1 amide bonds. The van der Waals surface area contributed by atoms with Gasteiger partial charge < -0.3 is 14.8 Å². The molecule has 38 heavy (non-hydrogen) atoms. The van der Waals surface area contributed by atoms with Crippen LogP contribution in [0, 0.1) is 13.8 Å². The Balaban J connectivity index is 1.31. The molecule has 2 aliphatic heterocycles. The monoisotopic (exact) mass is 535 g/mol. The van der Waals surface area contributed by atoms with Crippen LogP contribution in [0.4, 0.5) is 5.69 Å². The molecule has 0 radical (unpaired) electrons. The fourth-order valence-corrected chi connectivity index (χ4v) is 6.19. The Morgan fingerprint density at radius 3 is 2.42 bits per heavy atom. The zero-order chi connectivity index (χ0) is 26.7. The minimum Gasteiger partial charge on any atom is -0.476 e. The predicted molar refractivity (Wildman–Crippen MR) is 146 cm³/mol. The lowest BCUT2D eigenvalue weighted by molar-refractivity contribution is -0.127. The minimum atomic E-state index is -3.90. The van der Waals surface area contributed by atoms with Crippen molar-refractivity contribution in [2.45, 2.75) is 37.9 Å². The number of carbonyl (C=O) groups excluding carboxylic acids is 1. The van der Waals surface area contributed by atoms with Gasteiger partial charge in [-0.25, -0.2) is 8.42 Å². The molecule has 1 saturated heterocycles. The van der Waals surface area contributed by atoms with E-state index in [0.717, 1.165) is 49.5 Å². The Kier molecular flexibility index (Phi) is 7.69. The molecule has 1 fully saturated rings. The number of nitrogens with one attached hydrogen (secondary N) is 1. The van der Waals surface area contributed by atoms with Gasteiger partial charge in [-0.05, 0) is 54.8 Å². The molecule has 3 aromatic rings. The second kappa shape index (κ2) is 11.1. The highest BCUT2D eigenvalue weighted by Crippen LogP contribution is 2.37. The SMILES string of the molecule is Cc1ccc(S(=O)(=O)N2C[C@H](C(=O)NCc3cccc(CN4CCOCC4)c3)Oc3ccc(C)cc32)cc1. The van der Waals surface area contributed by atoms with Crippen LogP contribution in [0.25, 0.3) is 0 Å². The fraction of sp³-hybridized carbons (Fsp3) is 0.345.